The largest absolute Gasteiger partial charge is 0.490 e. The van der Waals surface area contributed by atoms with Crippen LogP contribution in [0.5, 0.6) is 11.5 Å². The third-order valence-corrected chi connectivity index (χ3v) is 3.76. The molecule has 2 aromatic rings. The molecule has 0 amide bonds. The summed E-state index contributed by atoms with van der Waals surface area (Å²) in [6.07, 6.45) is -4.12. The van der Waals surface area contributed by atoms with E-state index in [9.17, 15) is 31.5 Å². The van der Waals surface area contributed by atoms with E-state index in [0.29, 0.717) is 11.3 Å². The van der Waals surface area contributed by atoms with E-state index >= 15 is 0 Å². The Kier molecular flexibility index (Phi) is 7.97. The first-order chi connectivity index (χ1) is 14.1. The van der Waals surface area contributed by atoms with Gasteiger partial charge in [0.15, 0.2) is 0 Å². The number of ether oxygens (including phenoxy) is 1. The summed E-state index contributed by atoms with van der Waals surface area (Å²) in [6.45, 7) is 0. The molecule has 0 saturated carbocycles. The average molecular weight is 463 g/mol. The van der Waals surface area contributed by atoms with Crippen molar-refractivity contribution in [1.82, 2.24) is 0 Å². The van der Waals surface area contributed by atoms with E-state index in [0.717, 1.165) is 6.26 Å². The number of hydrogen-bond donors (Lipinski definition) is 5. The summed E-state index contributed by atoms with van der Waals surface area (Å²) in [6, 6.07) is 10.1. The molecule has 168 valence electrons. The molecule has 0 aromatic heterocycles. The van der Waals surface area contributed by atoms with Crippen molar-refractivity contribution in [3.8, 4) is 11.5 Å². The second-order valence-corrected chi connectivity index (χ2v) is 7.48. The molecule has 0 aliphatic rings. The number of alkyl halides is 3. The number of nitrogen functional groups attached to an aromatic ring is 1. The SMILES string of the molecule is CS(=O)(=O)Nc1ccc(Oc2ccc(C(=N)N)cc2)c(C(=O)O)c1.O=C(O)C(F)(F)F. The second kappa shape index (κ2) is 9.80. The van der Waals surface area contributed by atoms with Gasteiger partial charge in [-0.2, -0.15) is 13.2 Å². The van der Waals surface area contributed by atoms with Gasteiger partial charge < -0.3 is 20.7 Å². The van der Waals surface area contributed by atoms with Crippen molar-refractivity contribution in [3.05, 3.63) is 53.6 Å². The van der Waals surface area contributed by atoms with Gasteiger partial charge in [0.1, 0.15) is 22.9 Å². The lowest BCUT2D eigenvalue weighted by Gasteiger charge is -2.11. The number of sulfonamides is 1. The number of halogens is 3. The zero-order valence-electron chi connectivity index (χ0n) is 15.6. The molecule has 0 unspecified atom stereocenters. The Labute approximate surface area is 173 Å². The Balaban J connectivity index is 0.000000592. The van der Waals surface area contributed by atoms with Crippen LogP contribution in [-0.2, 0) is 14.8 Å². The molecule has 0 heterocycles. The summed E-state index contributed by atoms with van der Waals surface area (Å²) < 4.78 is 61.9. The van der Waals surface area contributed by atoms with Gasteiger partial charge in [-0.25, -0.2) is 18.0 Å². The Morgan fingerprint density at radius 3 is 2.00 bits per heavy atom. The van der Waals surface area contributed by atoms with Crippen LogP contribution in [-0.4, -0.2) is 48.8 Å². The van der Waals surface area contributed by atoms with E-state index in [1.54, 1.807) is 24.3 Å². The highest BCUT2D eigenvalue weighted by Gasteiger charge is 2.38. The summed E-state index contributed by atoms with van der Waals surface area (Å²) in [4.78, 5) is 20.3. The van der Waals surface area contributed by atoms with E-state index in [2.05, 4.69) is 4.72 Å². The molecule has 0 spiro atoms. The summed E-state index contributed by atoms with van der Waals surface area (Å²) in [5, 5.41) is 23.7. The number of amidine groups is 1. The number of carbonyl (C=O) groups is 2. The molecule has 31 heavy (non-hydrogen) atoms. The summed E-state index contributed by atoms with van der Waals surface area (Å²) >= 11 is 0. The molecule has 2 rings (SSSR count). The van der Waals surface area contributed by atoms with Crippen LogP contribution >= 0.6 is 0 Å². The highest BCUT2D eigenvalue weighted by molar-refractivity contribution is 7.92. The standard InChI is InChI=1S/C15H15N3O5S.C2HF3O2/c1-24(21,22)18-10-4-7-13(12(8-10)15(19)20)23-11-5-2-9(3-6-11)14(16)17;3-2(4,5)1(6)7/h2-8,18H,1H3,(H3,16,17)(H,19,20);(H,6,7). The van der Waals surface area contributed by atoms with Crippen molar-refractivity contribution >= 4 is 33.5 Å². The molecule has 10 nitrogen and oxygen atoms in total. The third kappa shape index (κ3) is 8.61. The number of aliphatic carboxylic acids is 1. The first-order valence-corrected chi connectivity index (χ1v) is 9.77. The molecule has 0 radical (unpaired) electrons. The monoisotopic (exact) mass is 463 g/mol. The van der Waals surface area contributed by atoms with Crippen molar-refractivity contribution in [2.45, 2.75) is 6.18 Å². The summed E-state index contributed by atoms with van der Waals surface area (Å²) in [5.74, 6) is -3.71. The molecule has 0 aliphatic carbocycles. The van der Waals surface area contributed by atoms with E-state index in [-0.39, 0.29) is 22.8 Å². The lowest BCUT2D eigenvalue weighted by Crippen LogP contribution is -2.21. The molecule has 0 saturated heterocycles. The molecule has 0 atom stereocenters. The molecule has 14 heteroatoms. The van der Waals surface area contributed by atoms with Crippen LogP contribution < -0.4 is 15.2 Å². The van der Waals surface area contributed by atoms with Crippen LogP contribution in [0.2, 0.25) is 0 Å². The quantitative estimate of drug-likeness (QED) is 0.320. The number of benzene rings is 2. The van der Waals surface area contributed by atoms with Crippen LogP contribution in [0, 0.1) is 5.41 Å². The molecule has 0 fully saturated rings. The Bertz CT molecular complexity index is 1090. The first-order valence-electron chi connectivity index (χ1n) is 7.87. The molecule has 0 bridgehead atoms. The average Bonchev–Trinajstić information content (AvgIpc) is 2.61. The number of nitrogens with two attached hydrogens (primary N) is 1. The smallest absolute Gasteiger partial charge is 0.478 e. The maximum Gasteiger partial charge on any atom is 0.490 e. The molecule has 2 aromatic carbocycles. The van der Waals surface area contributed by atoms with Gasteiger partial charge in [0.05, 0.1) is 6.26 Å². The fraction of sp³-hybridized carbons (Fsp3) is 0.118. The van der Waals surface area contributed by atoms with Gasteiger partial charge in [-0.3, -0.25) is 10.1 Å². The lowest BCUT2D eigenvalue weighted by atomic mass is 10.1. The van der Waals surface area contributed by atoms with Gasteiger partial charge in [-0.1, -0.05) is 0 Å². The molecule has 0 aliphatic heterocycles. The van der Waals surface area contributed by atoms with Gasteiger partial charge in [0, 0.05) is 11.3 Å². The van der Waals surface area contributed by atoms with Crippen molar-refractivity contribution in [2.24, 2.45) is 5.73 Å². The minimum absolute atomic E-state index is 0.0529. The topological polar surface area (TPSA) is 180 Å². The van der Waals surface area contributed by atoms with E-state index in [4.69, 9.17) is 25.8 Å². The number of carboxylic acids is 2. The van der Waals surface area contributed by atoms with Crippen molar-refractivity contribution in [1.29, 1.82) is 5.41 Å². The Morgan fingerprint density at radius 1 is 1.10 bits per heavy atom. The van der Waals surface area contributed by atoms with Crippen molar-refractivity contribution in [2.75, 3.05) is 11.0 Å². The Morgan fingerprint density at radius 2 is 1.61 bits per heavy atom. The minimum atomic E-state index is -5.08. The van der Waals surface area contributed by atoms with Crippen LogP contribution in [0.25, 0.3) is 0 Å². The molecular weight excluding hydrogens is 447 g/mol. The summed E-state index contributed by atoms with van der Waals surface area (Å²) in [5.41, 5.74) is 5.79. The predicted octanol–water partition coefficient (Wildman–Crippen LogP) is 2.47. The molecular formula is C17H16F3N3O7S. The second-order valence-electron chi connectivity index (χ2n) is 5.73. The zero-order chi connectivity index (χ0) is 24.0. The van der Waals surface area contributed by atoms with Crippen LogP contribution in [0.15, 0.2) is 42.5 Å². The lowest BCUT2D eigenvalue weighted by molar-refractivity contribution is -0.192. The highest BCUT2D eigenvalue weighted by Crippen LogP contribution is 2.28. The van der Waals surface area contributed by atoms with Gasteiger partial charge >= 0.3 is 18.1 Å². The number of rotatable bonds is 6. The zero-order valence-corrected chi connectivity index (χ0v) is 16.4. The number of nitrogens with one attached hydrogen (secondary N) is 2. The predicted molar refractivity (Wildman–Crippen MR) is 103 cm³/mol. The van der Waals surface area contributed by atoms with Crippen molar-refractivity contribution in [3.63, 3.8) is 0 Å². The first kappa shape index (κ1) is 25.2. The van der Waals surface area contributed by atoms with E-state index in [1.807, 2.05) is 0 Å². The molecule has 6 N–H and O–H groups in total. The van der Waals surface area contributed by atoms with E-state index in [1.165, 1.54) is 18.2 Å². The van der Waals surface area contributed by atoms with Gasteiger partial charge in [-0.15, -0.1) is 0 Å². The fourth-order valence-corrected chi connectivity index (χ4v) is 2.45. The normalized spacial score (nSPS) is 11.0. The number of hydrogen-bond acceptors (Lipinski definition) is 6. The maximum atomic E-state index is 11.4. The maximum absolute atomic E-state index is 11.4. The third-order valence-electron chi connectivity index (χ3n) is 3.15. The number of anilines is 1. The van der Waals surface area contributed by atoms with Gasteiger partial charge in [0.25, 0.3) is 0 Å². The van der Waals surface area contributed by atoms with Gasteiger partial charge in [0.2, 0.25) is 10.0 Å². The van der Waals surface area contributed by atoms with Crippen LogP contribution in [0.4, 0.5) is 18.9 Å². The fourth-order valence-electron chi connectivity index (χ4n) is 1.89. The number of carboxylic acid groups (broad SMARTS) is 2. The van der Waals surface area contributed by atoms with Crippen molar-refractivity contribution < 1.29 is 46.1 Å². The van der Waals surface area contributed by atoms with Crippen LogP contribution in [0.1, 0.15) is 15.9 Å². The number of aromatic carboxylic acids is 1. The van der Waals surface area contributed by atoms with E-state index < -0.39 is 28.1 Å². The van der Waals surface area contributed by atoms with Gasteiger partial charge in [-0.05, 0) is 42.5 Å². The Hall–Kier alpha value is -3.81. The minimum Gasteiger partial charge on any atom is -0.478 e. The van der Waals surface area contributed by atoms with Crippen LogP contribution in [0.3, 0.4) is 0 Å². The summed E-state index contributed by atoms with van der Waals surface area (Å²) in [7, 11) is -3.52. The highest BCUT2D eigenvalue weighted by atomic mass is 32.2.